The highest BCUT2D eigenvalue weighted by atomic mass is 35.5. The van der Waals surface area contributed by atoms with Crippen LogP contribution in [0, 0.1) is 0 Å². The molecule has 0 aliphatic rings. The Morgan fingerprint density at radius 2 is 1.75 bits per heavy atom. The first-order valence-electron chi connectivity index (χ1n) is 6.44. The van der Waals surface area contributed by atoms with E-state index < -0.39 is 0 Å². The molecule has 0 saturated heterocycles. The number of hydrogen-bond donors (Lipinski definition) is 0. The Kier molecular flexibility index (Phi) is 11.1. The molecule has 3 heteroatoms. The largest absolute Gasteiger partial charge is 0.466 e. The fourth-order valence-electron chi connectivity index (χ4n) is 1.62. The lowest BCUT2D eigenvalue weighted by atomic mass is 10.1. The van der Waals surface area contributed by atoms with Gasteiger partial charge >= 0.3 is 5.97 Å². The van der Waals surface area contributed by atoms with E-state index in [1.165, 1.54) is 26.2 Å². The summed E-state index contributed by atoms with van der Waals surface area (Å²) in [6, 6.07) is 0. The lowest BCUT2D eigenvalue weighted by molar-refractivity contribution is -0.141. The van der Waals surface area contributed by atoms with E-state index in [1.54, 1.807) is 0 Å². The van der Waals surface area contributed by atoms with Crippen molar-refractivity contribution in [2.75, 3.05) is 6.61 Å². The monoisotopic (exact) mass is 248 g/mol. The third-order valence-corrected chi connectivity index (χ3v) is 3.02. The second-order valence-electron chi connectivity index (χ2n) is 4.28. The van der Waals surface area contributed by atoms with Crippen LogP contribution >= 0.6 is 11.6 Å². The van der Waals surface area contributed by atoms with Crippen molar-refractivity contribution in [1.29, 1.82) is 0 Å². The maximum atomic E-state index is 10.5. The summed E-state index contributed by atoms with van der Waals surface area (Å²) >= 11 is 6.19. The molecule has 0 aliphatic heterocycles. The SMILES string of the molecule is CCCCCC(Cl)CCCCCOC(C)=O. The van der Waals surface area contributed by atoms with Gasteiger partial charge in [-0.2, -0.15) is 0 Å². The Morgan fingerprint density at radius 1 is 1.12 bits per heavy atom. The van der Waals surface area contributed by atoms with Gasteiger partial charge < -0.3 is 4.74 Å². The smallest absolute Gasteiger partial charge is 0.302 e. The standard InChI is InChI=1S/C13H25ClO2/c1-3-4-6-9-13(14)10-7-5-8-11-16-12(2)15/h13H,3-11H2,1-2H3. The van der Waals surface area contributed by atoms with Crippen LogP contribution in [0.15, 0.2) is 0 Å². The van der Waals surface area contributed by atoms with E-state index in [1.807, 2.05) is 0 Å². The predicted octanol–water partition coefficient (Wildman–Crippen LogP) is 4.30. The highest BCUT2D eigenvalue weighted by molar-refractivity contribution is 6.20. The van der Waals surface area contributed by atoms with E-state index in [-0.39, 0.29) is 5.97 Å². The first-order valence-corrected chi connectivity index (χ1v) is 6.88. The maximum Gasteiger partial charge on any atom is 0.302 e. The Labute approximate surface area is 105 Å². The van der Waals surface area contributed by atoms with Gasteiger partial charge in [-0.1, -0.05) is 39.0 Å². The van der Waals surface area contributed by atoms with Crippen molar-refractivity contribution in [2.24, 2.45) is 0 Å². The van der Waals surface area contributed by atoms with Crippen molar-refractivity contribution in [3.63, 3.8) is 0 Å². The summed E-state index contributed by atoms with van der Waals surface area (Å²) in [5.41, 5.74) is 0. The Morgan fingerprint density at radius 3 is 2.31 bits per heavy atom. The number of alkyl halides is 1. The average Bonchev–Trinajstić information content (AvgIpc) is 2.23. The molecular weight excluding hydrogens is 224 g/mol. The lowest BCUT2D eigenvalue weighted by Gasteiger charge is -2.08. The van der Waals surface area contributed by atoms with Gasteiger partial charge in [0.25, 0.3) is 0 Å². The molecule has 0 radical (unpaired) electrons. The molecule has 0 N–H and O–H groups in total. The van der Waals surface area contributed by atoms with E-state index in [0.29, 0.717) is 12.0 Å². The average molecular weight is 249 g/mol. The minimum absolute atomic E-state index is 0.185. The molecule has 0 amide bonds. The van der Waals surface area contributed by atoms with Crippen LogP contribution in [0.1, 0.15) is 65.2 Å². The third-order valence-electron chi connectivity index (χ3n) is 2.59. The number of rotatable bonds is 10. The van der Waals surface area contributed by atoms with Crippen LogP contribution in [0.5, 0.6) is 0 Å². The van der Waals surface area contributed by atoms with Gasteiger partial charge in [-0.05, 0) is 19.3 Å². The van der Waals surface area contributed by atoms with Crippen molar-refractivity contribution < 1.29 is 9.53 Å². The van der Waals surface area contributed by atoms with Crippen LogP contribution in [0.3, 0.4) is 0 Å². The first kappa shape index (κ1) is 15.8. The molecule has 0 fully saturated rings. The van der Waals surface area contributed by atoms with E-state index in [9.17, 15) is 4.79 Å². The van der Waals surface area contributed by atoms with Crippen LogP contribution in [0.25, 0.3) is 0 Å². The minimum atomic E-state index is -0.185. The van der Waals surface area contributed by atoms with Crippen molar-refractivity contribution in [3.8, 4) is 0 Å². The summed E-state index contributed by atoms with van der Waals surface area (Å²) in [5, 5.41) is 0.334. The van der Waals surface area contributed by atoms with Crippen molar-refractivity contribution in [1.82, 2.24) is 0 Å². The number of esters is 1. The lowest BCUT2D eigenvalue weighted by Crippen LogP contribution is -2.02. The van der Waals surface area contributed by atoms with Gasteiger partial charge in [0.2, 0.25) is 0 Å². The zero-order valence-corrected chi connectivity index (χ0v) is 11.4. The predicted molar refractivity (Wildman–Crippen MR) is 68.9 cm³/mol. The molecule has 2 nitrogen and oxygen atoms in total. The molecule has 0 aromatic heterocycles. The molecule has 1 atom stereocenters. The molecule has 16 heavy (non-hydrogen) atoms. The minimum Gasteiger partial charge on any atom is -0.466 e. The van der Waals surface area contributed by atoms with Gasteiger partial charge in [0.05, 0.1) is 6.61 Å². The Balaban J connectivity index is 3.14. The fourth-order valence-corrected chi connectivity index (χ4v) is 1.93. The number of carbonyl (C=O) groups is 1. The quantitative estimate of drug-likeness (QED) is 0.327. The first-order chi connectivity index (χ1) is 7.66. The van der Waals surface area contributed by atoms with Gasteiger partial charge in [-0.25, -0.2) is 0 Å². The molecule has 0 aromatic carbocycles. The highest BCUT2D eigenvalue weighted by Crippen LogP contribution is 2.16. The van der Waals surface area contributed by atoms with Gasteiger partial charge in [-0.3, -0.25) is 4.79 Å². The van der Waals surface area contributed by atoms with Crippen LogP contribution in [0.4, 0.5) is 0 Å². The van der Waals surface area contributed by atoms with Gasteiger partial charge in [-0.15, -0.1) is 11.6 Å². The third kappa shape index (κ3) is 11.8. The molecule has 96 valence electrons. The van der Waals surface area contributed by atoms with Gasteiger partial charge in [0, 0.05) is 12.3 Å². The summed E-state index contributed by atoms with van der Waals surface area (Å²) in [7, 11) is 0. The summed E-state index contributed by atoms with van der Waals surface area (Å²) in [6.45, 7) is 4.21. The Hall–Kier alpha value is -0.240. The number of unbranched alkanes of at least 4 members (excludes halogenated alkanes) is 4. The number of carbonyl (C=O) groups excluding carboxylic acids is 1. The molecule has 0 saturated carbocycles. The van der Waals surface area contributed by atoms with Crippen LogP contribution in [-0.4, -0.2) is 18.0 Å². The highest BCUT2D eigenvalue weighted by Gasteiger charge is 2.03. The second-order valence-corrected chi connectivity index (χ2v) is 4.90. The maximum absolute atomic E-state index is 10.5. The van der Waals surface area contributed by atoms with Crippen molar-refractivity contribution in [3.05, 3.63) is 0 Å². The van der Waals surface area contributed by atoms with E-state index in [0.717, 1.165) is 32.1 Å². The normalized spacial score (nSPS) is 12.4. The Bertz CT molecular complexity index is 171. The second kappa shape index (κ2) is 11.3. The zero-order valence-electron chi connectivity index (χ0n) is 10.6. The zero-order chi connectivity index (χ0) is 12.2. The van der Waals surface area contributed by atoms with E-state index >= 15 is 0 Å². The molecule has 0 spiro atoms. The molecule has 0 aliphatic carbocycles. The van der Waals surface area contributed by atoms with Crippen LogP contribution < -0.4 is 0 Å². The van der Waals surface area contributed by atoms with E-state index in [2.05, 4.69) is 6.92 Å². The van der Waals surface area contributed by atoms with Crippen molar-refractivity contribution >= 4 is 17.6 Å². The van der Waals surface area contributed by atoms with E-state index in [4.69, 9.17) is 16.3 Å². The molecule has 0 bridgehead atoms. The van der Waals surface area contributed by atoms with Gasteiger partial charge in [0.1, 0.15) is 0 Å². The van der Waals surface area contributed by atoms with Crippen LogP contribution in [0.2, 0.25) is 0 Å². The molecular formula is C13H25ClO2. The number of halogens is 1. The number of hydrogen-bond acceptors (Lipinski definition) is 2. The number of ether oxygens (including phenoxy) is 1. The molecule has 0 heterocycles. The van der Waals surface area contributed by atoms with Gasteiger partial charge in [0.15, 0.2) is 0 Å². The van der Waals surface area contributed by atoms with Crippen molar-refractivity contribution in [2.45, 2.75) is 70.6 Å². The van der Waals surface area contributed by atoms with Crippen LogP contribution in [-0.2, 0) is 9.53 Å². The fraction of sp³-hybridized carbons (Fsp3) is 0.923. The summed E-state index contributed by atoms with van der Waals surface area (Å²) in [4.78, 5) is 10.5. The molecule has 1 unspecified atom stereocenters. The summed E-state index contributed by atoms with van der Waals surface area (Å²) in [6.07, 6.45) is 9.22. The molecule has 0 aromatic rings. The summed E-state index contributed by atoms with van der Waals surface area (Å²) in [5.74, 6) is -0.185. The summed E-state index contributed by atoms with van der Waals surface area (Å²) < 4.78 is 4.86. The topological polar surface area (TPSA) is 26.3 Å². The molecule has 0 rings (SSSR count).